The molecule has 0 aliphatic heterocycles. The molecule has 0 bridgehead atoms. The van der Waals surface area contributed by atoms with Crippen molar-refractivity contribution in [2.45, 2.75) is 41.9 Å². The van der Waals surface area contributed by atoms with Crippen LogP contribution >= 0.6 is 11.6 Å². The van der Waals surface area contributed by atoms with Gasteiger partial charge in [0, 0.05) is 11.3 Å². The number of hydrogen-bond acceptors (Lipinski definition) is 4. The summed E-state index contributed by atoms with van der Waals surface area (Å²) in [6, 6.07) is 6.61. The summed E-state index contributed by atoms with van der Waals surface area (Å²) in [5.74, 6) is -0.138. The molecule has 21 heavy (non-hydrogen) atoms. The van der Waals surface area contributed by atoms with E-state index in [1.54, 1.807) is 24.3 Å². The Kier molecular flexibility index (Phi) is 5.00. The van der Waals surface area contributed by atoms with Crippen molar-refractivity contribution in [3.05, 3.63) is 34.9 Å². The van der Waals surface area contributed by atoms with Crippen molar-refractivity contribution in [3.8, 4) is 0 Å². The number of rotatable bonds is 4. The van der Waals surface area contributed by atoms with Crippen LogP contribution < -0.4 is 0 Å². The molecule has 2 atom stereocenters. The lowest BCUT2D eigenvalue weighted by molar-refractivity contribution is 0.471. The van der Waals surface area contributed by atoms with Crippen molar-refractivity contribution >= 4 is 31.3 Å². The zero-order chi connectivity index (χ0) is 15.7. The fourth-order valence-electron chi connectivity index (χ4n) is 2.88. The topological polar surface area (TPSA) is 68.3 Å². The molecule has 118 valence electrons. The van der Waals surface area contributed by atoms with Crippen LogP contribution in [-0.2, 0) is 25.4 Å². The third-order valence-corrected chi connectivity index (χ3v) is 8.25. The average molecular weight is 351 g/mol. The Labute approximate surface area is 131 Å². The van der Waals surface area contributed by atoms with Crippen LogP contribution in [0.15, 0.2) is 24.3 Å². The van der Waals surface area contributed by atoms with E-state index in [0.717, 1.165) is 19.1 Å². The van der Waals surface area contributed by atoms with Gasteiger partial charge in [-0.1, -0.05) is 36.6 Å². The van der Waals surface area contributed by atoms with E-state index in [9.17, 15) is 16.8 Å². The maximum atomic E-state index is 12.6. The summed E-state index contributed by atoms with van der Waals surface area (Å²) in [6.07, 6.45) is 3.52. The second kappa shape index (κ2) is 6.26. The number of hydrogen-bond donors (Lipinski definition) is 0. The second-order valence-electron chi connectivity index (χ2n) is 5.62. The smallest absolute Gasteiger partial charge is 0.158 e. The minimum absolute atomic E-state index is 0.138. The lowest BCUT2D eigenvalue weighted by Crippen LogP contribution is -2.42. The Morgan fingerprint density at radius 3 is 2.05 bits per heavy atom. The fourth-order valence-corrected chi connectivity index (χ4v) is 7.40. The van der Waals surface area contributed by atoms with Crippen molar-refractivity contribution in [1.82, 2.24) is 0 Å². The zero-order valence-corrected chi connectivity index (χ0v) is 14.2. The molecule has 1 aromatic rings. The first kappa shape index (κ1) is 16.8. The average Bonchev–Trinajstić information content (AvgIpc) is 2.40. The summed E-state index contributed by atoms with van der Waals surface area (Å²) in [5, 5.41) is -1.02. The summed E-state index contributed by atoms with van der Waals surface area (Å²) in [7, 11) is -6.86. The van der Waals surface area contributed by atoms with E-state index in [4.69, 9.17) is 11.6 Å². The normalized spacial score (nSPS) is 23.9. The molecule has 0 amide bonds. The molecule has 4 nitrogen and oxygen atoms in total. The van der Waals surface area contributed by atoms with Crippen LogP contribution in [0, 0.1) is 0 Å². The van der Waals surface area contributed by atoms with Crippen LogP contribution in [0.3, 0.4) is 0 Å². The van der Waals surface area contributed by atoms with E-state index >= 15 is 0 Å². The number of benzene rings is 1. The maximum absolute atomic E-state index is 12.6. The van der Waals surface area contributed by atoms with E-state index in [1.807, 2.05) is 0 Å². The molecule has 0 unspecified atom stereocenters. The van der Waals surface area contributed by atoms with Crippen LogP contribution in [0.1, 0.15) is 31.2 Å². The van der Waals surface area contributed by atoms with Gasteiger partial charge in [0.25, 0.3) is 0 Å². The molecule has 0 N–H and O–H groups in total. The molecule has 2 rings (SSSR count). The van der Waals surface area contributed by atoms with Crippen molar-refractivity contribution < 1.29 is 16.8 Å². The zero-order valence-electron chi connectivity index (χ0n) is 11.8. The van der Waals surface area contributed by atoms with Gasteiger partial charge in [-0.2, -0.15) is 0 Å². The Morgan fingerprint density at radius 1 is 1.00 bits per heavy atom. The third kappa shape index (κ3) is 4.20. The molecule has 1 aliphatic rings. The van der Waals surface area contributed by atoms with Crippen LogP contribution in [0.5, 0.6) is 0 Å². The van der Waals surface area contributed by atoms with Gasteiger partial charge in [-0.3, -0.25) is 0 Å². The largest absolute Gasteiger partial charge is 0.229 e. The van der Waals surface area contributed by atoms with Gasteiger partial charge in [-0.15, -0.1) is 0 Å². The van der Waals surface area contributed by atoms with E-state index in [2.05, 4.69) is 0 Å². The highest BCUT2D eigenvalue weighted by atomic mass is 35.5. The highest BCUT2D eigenvalue weighted by Gasteiger charge is 2.40. The Morgan fingerprint density at radius 2 is 1.52 bits per heavy atom. The molecule has 0 aromatic heterocycles. The molecule has 0 heterocycles. The summed E-state index contributed by atoms with van der Waals surface area (Å²) < 4.78 is 48.9. The SMILES string of the molecule is CS(=O)(=O)[C@H]1CCCC[C@H]1S(=O)(=O)Cc1ccc(Cl)cc1. The molecular formula is C14H19ClO4S2. The standard InChI is InChI=1S/C14H19ClO4S2/c1-20(16,17)13-4-2-3-5-14(13)21(18,19)10-11-6-8-12(15)9-7-11/h6-9,13-14H,2-5,10H2,1H3/t13-,14+/m0/s1. The van der Waals surface area contributed by atoms with Crippen LogP contribution in [0.2, 0.25) is 5.02 Å². The quantitative estimate of drug-likeness (QED) is 0.837. The van der Waals surface area contributed by atoms with E-state index < -0.39 is 30.2 Å². The van der Waals surface area contributed by atoms with E-state index in [-0.39, 0.29) is 5.75 Å². The maximum Gasteiger partial charge on any atom is 0.158 e. The fraction of sp³-hybridized carbons (Fsp3) is 0.571. The minimum Gasteiger partial charge on any atom is -0.229 e. The predicted molar refractivity (Wildman–Crippen MR) is 85.0 cm³/mol. The molecule has 1 aromatic carbocycles. The van der Waals surface area contributed by atoms with Crippen molar-refractivity contribution in [3.63, 3.8) is 0 Å². The second-order valence-corrected chi connectivity index (χ2v) is 10.5. The summed E-state index contributed by atoms with van der Waals surface area (Å²) in [4.78, 5) is 0. The van der Waals surface area contributed by atoms with Crippen molar-refractivity contribution in [2.24, 2.45) is 0 Å². The van der Waals surface area contributed by atoms with Crippen molar-refractivity contribution in [2.75, 3.05) is 6.26 Å². The van der Waals surface area contributed by atoms with Gasteiger partial charge in [-0.25, -0.2) is 16.8 Å². The van der Waals surface area contributed by atoms with Crippen molar-refractivity contribution in [1.29, 1.82) is 0 Å². The highest BCUT2D eigenvalue weighted by Crippen LogP contribution is 2.31. The van der Waals surface area contributed by atoms with Gasteiger partial charge in [0.15, 0.2) is 19.7 Å². The number of halogens is 1. The Hall–Kier alpha value is -0.590. The van der Waals surface area contributed by atoms with Crippen LogP contribution in [0.4, 0.5) is 0 Å². The molecule has 7 heteroatoms. The third-order valence-electron chi connectivity index (χ3n) is 3.93. The summed E-state index contributed by atoms with van der Waals surface area (Å²) in [5.41, 5.74) is 0.636. The molecule has 1 fully saturated rings. The minimum atomic E-state index is -3.50. The van der Waals surface area contributed by atoms with Gasteiger partial charge in [0.2, 0.25) is 0 Å². The first-order chi connectivity index (χ1) is 9.70. The van der Waals surface area contributed by atoms with Crippen LogP contribution in [0.25, 0.3) is 0 Å². The Bertz CT molecular complexity index is 693. The predicted octanol–water partition coefficient (Wildman–Crippen LogP) is 2.61. The molecule has 0 saturated heterocycles. The van der Waals surface area contributed by atoms with Gasteiger partial charge in [0.1, 0.15) is 0 Å². The van der Waals surface area contributed by atoms with E-state index in [1.165, 1.54) is 0 Å². The monoisotopic (exact) mass is 350 g/mol. The molecule has 1 saturated carbocycles. The van der Waals surface area contributed by atoms with Crippen LogP contribution in [-0.4, -0.2) is 33.6 Å². The van der Waals surface area contributed by atoms with Gasteiger partial charge >= 0.3 is 0 Å². The molecular weight excluding hydrogens is 332 g/mol. The lowest BCUT2D eigenvalue weighted by Gasteiger charge is -2.29. The van der Waals surface area contributed by atoms with E-state index in [0.29, 0.717) is 23.4 Å². The lowest BCUT2D eigenvalue weighted by atomic mass is 10.00. The summed E-state index contributed by atoms with van der Waals surface area (Å²) in [6.45, 7) is 0. The Balaban J connectivity index is 2.26. The summed E-state index contributed by atoms with van der Waals surface area (Å²) >= 11 is 5.79. The van der Waals surface area contributed by atoms with Gasteiger partial charge in [0.05, 0.1) is 16.3 Å². The molecule has 1 aliphatic carbocycles. The van der Waals surface area contributed by atoms with Gasteiger partial charge < -0.3 is 0 Å². The highest BCUT2D eigenvalue weighted by molar-refractivity contribution is 7.95. The first-order valence-corrected chi connectivity index (χ1v) is 10.9. The molecule has 0 spiro atoms. The molecule has 0 radical (unpaired) electrons. The first-order valence-electron chi connectivity index (χ1n) is 6.85. The number of sulfone groups is 2. The van der Waals surface area contributed by atoms with Gasteiger partial charge in [-0.05, 0) is 30.5 Å².